The first-order chi connectivity index (χ1) is 14.5. The molecule has 1 aliphatic carbocycles. The largest absolute Gasteiger partial charge is 0.349 e. The molecule has 2 aromatic heterocycles. The Hall–Kier alpha value is -2.83. The lowest BCUT2D eigenvalue weighted by Gasteiger charge is -2.20. The highest BCUT2D eigenvalue weighted by Crippen LogP contribution is 2.27. The molecular formula is C23H26F2N4O. The van der Waals surface area contributed by atoms with Crippen LogP contribution in [0.3, 0.4) is 0 Å². The van der Waals surface area contributed by atoms with E-state index in [2.05, 4.69) is 15.4 Å². The van der Waals surface area contributed by atoms with Crippen molar-refractivity contribution >= 4 is 11.6 Å². The van der Waals surface area contributed by atoms with E-state index in [4.69, 9.17) is 0 Å². The number of carbonyl (C=O) groups is 1. The normalized spacial score (nSPS) is 15.9. The SMILES string of the molecule is Cc1ccc(-c2cc(C(F)F)n3ncc(C(=O)NC4CCCCCCC4)c3n2)cc1. The summed E-state index contributed by atoms with van der Waals surface area (Å²) in [5, 5.41) is 7.13. The predicted octanol–water partition coefficient (Wildman–Crippen LogP) is 5.49. The van der Waals surface area contributed by atoms with Crippen LogP contribution in [-0.4, -0.2) is 26.5 Å². The molecule has 4 rings (SSSR count). The van der Waals surface area contributed by atoms with E-state index in [1.807, 2.05) is 31.2 Å². The van der Waals surface area contributed by atoms with Gasteiger partial charge in [0.2, 0.25) is 0 Å². The van der Waals surface area contributed by atoms with Crippen molar-refractivity contribution in [1.29, 1.82) is 0 Å². The quantitative estimate of drug-likeness (QED) is 0.617. The number of nitrogens with zero attached hydrogens (tertiary/aromatic N) is 3. The molecule has 1 aromatic carbocycles. The number of amides is 1. The molecule has 1 amide bonds. The first-order valence-electron chi connectivity index (χ1n) is 10.6. The molecule has 158 valence electrons. The van der Waals surface area contributed by atoms with Crippen LogP contribution in [0.25, 0.3) is 16.9 Å². The van der Waals surface area contributed by atoms with Crippen LogP contribution in [0.4, 0.5) is 8.78 Å². The molecular weight excluding hydrogens is 386 g/mol. The molecule has 0 aliphatic heterocycles. The van der Waals surface area contributed by atoms with Crippen LogP contribution in [0.15, 0.2) is 36.5 Å². The Morgan fingerprint density at radius 3 is 2.43 bits per heavy atom. The molecule has 1 saturated carbocycles. The van der Waals surface area contributed by atoms with E-state index in [0.717, 1.165) is 41.3 Å². The summed E-state index contributed by atoms with van der Waals surface area (Å²) in [7, 11) is 0. The maximum atomic E-state index is 13.7. The summed E-state index contributed by atoms with van der Waals surface area (Å²) in [6, 6.07) is 8.93. The van der Waals surface area contributed by atoms with Crippen molar-refractivity contribution in [3.8, 4) is 11.3 Å². The number of benzene rings is 1. The Morgan fingerprint density at radius 1 is 1.10 bits per heavy atom. The predicted molar refractivity (Wildman–Crippen MR) is 112 cm³/mol. The second kappa shape index (κ2) is 8.90. The third-order valence-corrected chi connectivity index (χ3v) is 5.76. The van der Waals surface area contributed by atoms with Crippen molar-refractivity contribution in [3.05, 3.63) is 53.3 Å². The van der Waals surface area contributed by atoms with Crippen molar-refractivity contribution in [1.82, 2.24) is 19.9 Å². The van der Waals surface area contributed by atoms with Gasteiger partial charge in [0, 0.05) is 11.6 Å². The average molecular weight is 412 g/mol. The van der Waals surface area contributed by atoms with Crippen molar-refractivity contribution in [2.45, 2.75) is 64.3 Å². The van der Waals surface area contributed by atoms with Crippen LogP contribution in [-0.2, 0) is 0 Å². The van der Waals surface area contributed by atoms with Gasteiger partial charge in [-0.05, 0) is 25.8 Å². The number of aryl methyl sites for hydroxylation is 1. The average Bonchev–Trinajstić information content (AvgIpc) is 3.13. The summed E-state index contributed by atoms with van der Waals surface area (Å²) in [4.78, 5) is 17.5. The Balaban J connectivity index is 1.69. The Labute approximate surface area is 174 Å². The zero-order valence-corrected chi connectivity index (χ0v) is 17.1. The summed E-state index contributed by atoms with van der Waals surface area (Å²) >= 11 is 0. The monoisotopic (exact) mass is 412 g/mol. The summed E-state index contributed by atoms with van der Waals surface area (Å²) < 4.78 is 28.5. The molecule has 30 heavy (non-hydrogen) atoms. The zero-order chi connectivity index (χ0) is 21.1. The molecule has 0 atom stereocenters. The van der Waals surface area contributed by atoms with Crippen LogP contribution in [0.5, 0.6) is 0 Å². The van der Waals surface area contributed by atoms with Gasteiger partial charge in [-0.3, -0.25) is 4.79 Å². The fourth-order valence-corrected chi connectivity index (χ4v) is 4.04. The molecule has 1 aliphatic rings. The highest BCUT2D eigenvalue weighted by Gasteiger charge is 2.23. The number of halogens is 2. The summed E-state index contributed by atoms with van der Waals surface area (Å²) in [5.41, 5.74) is 2.30. The number of carbonyl (C=O) groups excluding carboxylic acids is 1. The second-order valence-electron chi connectivity index (χ2n) is 8.04. The Morgan fingerprint density at radius 2 is 1.77 bits per heavy atom. The van der Waals surface area contributed by atoms with Crippen molar-refractivity contribution in [2.24, 2.45) is 0 Å². The molecule has 0 saturated heterocycles. The van der Waals surface area contributed by atoms with E-state index >= 15 is 0 Å². The second-order valence-corrected chi connectivity index (χ2v) is 8.04. The molecule has 0 radical (unpaired) electrons. The molecule has 5 nitrogen and oxygen atoms in total. The first kappa shape index (κ1) is 20.4. The molecule has 7 heteroatoms. The minimum absolute atomic E-state index is 0.0996. The topological polar surface area (TPSA) is 59.3 Å². The van der Waals surface area contributed by atoms with Crippen LogP contribution < -0.4 is 5.32 Å². The number of aromatic nitrogens is 3. The highest BCUT2D eigenvalue weighted by atomic mass is 19.3. The minimum Gasteiger partial charge on any atom is -0.349 e. The number of alkyl halides is 2. The number of nitrogens with one attached hydrogen (secondary N) is 1. The fourth-order valence-electron chi connectivity index (χ4n) is 4.04. The Bertz CT molecular complexity index is 1020. The van der Waals surface area contributed by atoms with Crippen LogP contribution in [0, 0.1) is 6.92 Å². The number of hydrogen-bond acceptors (Lipinski definition) is 3. The molecule has 3 aromatic rings. The summed E-state index contributed by atoms with van der Waals surface area (Å²) in [6.07, 6.45) is 6.27. The van der Waals surface area contributed by atoms with Crippen molar-refractivity contribution in [2.75, 3.05) is 0 Å². The number of rotatable bonds is 4. The van der Waals surface area contributed by atoms with E-state index < -0.39 is 6.43 Å². The Kier molecular flexibility index (Phi) is 6.06. The van der Waals surface area contributed by atoms with Gasteiger partial charge < -0.3 is 5.32 Å². The van der Waals surface area contributed by atoms with Gasteiger partial charge >= 0.3 is 0 Å². The van der Waals surface area contributed by atoms with Gasteiger partial charge in [-0.25, -0.2) is 18.3 Å². The maximum absolute atomic E-state index is 13.7. The molecule has 0 unspecified atom stereocenters. The molecule has 1 fully saturated rings. The van der Waals surface area contributed by atoms with E-state index in [0.29, 0.717) is 5.69 Å². The van der Waals surface area contributed by atoms with Gasteiger partial charge in [0.25, 0.3) is 12.3 Å². The zero-order valence-electron chi connectivity index (χ0n) is 17.1. The van der Waals surface area contributed by atoms with Gasteiger partial charge in [0.05, 0.1) is 11.9 Å². The van der Waals surface area contributed by atoms with E-state index in [1.165, 1.54) is 31.5 Å². The van der Waals surface area contributed by atoms with Gasteiger partial charge in [-0.15, -0.1) is 0 Å². The fraction of sp³-hybridized carbons (Fsp3) is 0.435. The lowest BCUT2D eigenvalue weighted by atomic mass is 9.96. The molecule has 0 bridgehead atoms. The highest BCUT2D eigenvalue weighted by molar-refractivity contribution is 6.00. The van der Waals surface area contributed by atoms with Gasteiger partial charge in [0.15, 0.2) is 5.65 Å². The van der Waals surface area contributed by atoms with Crippen LogP contribution in [0.1, 0.15) is 73.0 Å². The lowest BCUT2D eigenvalue weighted by Crippen LogP contribution is -2.35. The van der Waals surface area contributed by atoms with Crippen molar-refractivity contribution < 1.29 is 13.6 Å². The third-order valence-electron chi connectivity index (χ3n) is 5.76. The minimum atomic E-state index is -2.74. The summed E-state index contributed by atoms with van der Waals surface area (Å²) in [5.74, 6) is -0.302. The third kappa shape index (κ3) is 4.35. The molecule has 1 N–H and O–H groups in total. The number of hydrogen-bond donors (Lipinski definition) is 1. The van der Waals surface area contributed by atoms with Crippen LogP contribution in [0.2, 0.25) is 0 Å². The lowest BCUT2D eigenvalue weighted by molar-refractivity contribution is 0.0931. The molecule has 0 spiro atoms. The standard InChI is InChI=1S/C23H26F2N4O/c1-15-9-11-16(12-10-15)19-13-20(21(24)25)29-22(28-19)18(14-26-29)23(30)27-17-7-5-3-2-4-6-8-17/h9-14,17,21H,2-8H2,1H3,(H,27,30). The maximum Gasteiger partial charge on any atom is 0.280 e. The summed E-state index contributed by atoms with van der Waals surface area (Å²) in [6.45, 7) is 1.96. The van der Waals surface area contributed by atoms with Crippen LogP contribution >= 0.6 is 0 Å². The van der Waals surface area contributed by atoms with Gasteiger partial charge in [-0.1, -0.05) is 61.9 Å². The van der Waals surface area contributed by atoms with E-state index in [-0.39, 0.29) is 28.9 Å². The van der Waals surface area contributed by atoms with Gasteiger partial charge in [0.1, 0.15) is 11.3 Å². The van der Waals surface area contributed by atoms with Crippen molar-refractivity contribution in [3.63, 3.8) is 0 Å². The number of fused-ring (bicyclic) bond motifs is 1. The molecule has 2 heterocycles. The van der Waals surface area contributed by atoms with E-state index in [9.17, 15) is 13.6 Å². The first-order valence-corrected chi connectivity index (χ1v) is 10.6. The van der Waals surface area contributed by atoms with Gasteiger partial charge in [-0.2, -0.15) is 5.10 Å². The smallest absolute Gasteiger partial charge is 0.280 e. The van der Waals surface area contributed by atoms with E-state index in [1.54, 1.807) is 0 Å².